The molecule has 1 aliphatic heterocycles. The van der Waals surface area contributed by atoms with E-state index in [1.807, 2.05) is 18.4 Å². The molecule has 0 bridgehead atoms. The summed E-state index contributed by atoms with van der Waals surface area (Å²) in [6.07, 6.45) is 1.09. The van der Waals surface area contributed by atoms with Gasteiger partial charge in [0.25, 0.3) is 5.91 Å². The van der Waals surface area contributed by atoms with Gasteiger partial charge in [-0.2, -0.15) is 0 Å². The summed E-state index contributed by atoms with van der Waals surface area (Å²) in [6.45, 7) is 5.16. The van der Waals surface area contributed by atoms with Crippen LogP contribution in [0.5, 0.6) is 0 Å². The number of carbonyl (C=O) groups excluding carboxylic acids is 1. The Hall–Kier alpha value is -2.09. The second-order valence-electron chi connectivity index (χ2n) is 5.75. The smallest absolute Gasteiger partial charge is 0.262 e. The SMILES string of the molecule is Cc1csc(C(=O)NCC#CCN2CCc3ccccc3C2)c1. The van der Waals surface area contributed by atoms with Gasteiger partial charge >= 0.3 is 0 Å². The number of hydrogen-bond donors (Lipinski definition) is 1. The van der Waals surface area contributed by atoms with Gasteiger partial charge in [-0.25, -0.2) is 0 Å². The molecule has 0 unspecified atom stereocenters. The Morgan fingerprint density at radius 1 is 1.30 bits per heavy atom. The number of thiophene rings is 1. The van der Waals surface area contributed by atoms with Crippen LogP contribution in [0.15, 0.2) is 35.7 Å². The maximum Gasteiger partial charge on any atom is 0.262 e. The molecule has 0 spiro atoms. The molecule has 2 aromatic rings. The van der Waals surface area contributed by atoms with Crippen molar-refractivity contribution < 1.29 is 4.79 Å². The van der Waals surface area contributed by atoms with Crippen molar-refractivity contribution in [3.63, 3.8) is 0 Å². The topological polar surface area (TPSA) is 32.3 Å². The molecule has 0 radical (unpaired) electrons. The fraction of sp³-hybridized carbons (Fsp3) is 0.316. The van der Waals surface area contributed by atoms with Crippen LogP contribution in [0.2, 0.25) is 0 Å². The van der Waals surface area contributed by atoms with E-state index in [9.17, 15) is 4.79 Å². The van der Waals surface area contributed by atoms with Gasteiger partial charge in [-0.3, -0.25) is 9.69 Å². The van der Waals surface area contributed by atoms with Gasteiger partial charge in [0.05, 0.1) is 18.0 Å². The summed E-state index contributed by atoms with van der Waals surface area (Å²) >= 11 is 1.47. The monoisotopic (exact) mass is 324 g/mol. The Balaban J connectivity index is 1.43. The van der Waals surface area contributed by atoms with Crippen molar-refractivity contribution >= 4 is 17.2 Å². The number of benzene rings is 1. The first-order valence-electron chi connectivity index (χ1n) is 7.80. The van der Waals surface area contributed by atoms with Gasteiger partial charge in [-0.15, -0.1) is 11.3 Å². The standard InChI is InChI=1S/C19H20N2OS/c1-15-12-18(23-14-15)19(22)20-9-4-5-10-21-11-8-16-6-2-3-7-17(16)13-21/h2-3,6-7,12,14H,8-11,13H2,1H3,(H,20,22). The minimum atomic E-state index is -0.0377. The lowest BCUT2D eigenvalue weighted by Crippen LogP contribution is -2.30. The number of amides is 1. The molecule has 23 heavy (non-hydrogen) atoms. The minimum absolute atomic E-state index is 0.0377. The van der Waals surface area contributed by atoms with Crippen LogP contribution in [0.25, 0.3) is 0 Å². The van der Waals surface area contributed by atoms with Crippen LogP contribution < -0.4 is 5.32 Å². The third-order valence-corrected chi connectivity index (χ3v) is 4.98. The van der Waals surface area contributed by atoms with Crippen molar-refractivity contribution in [1.82, 2.24) is 10.2 Å². The Bertz CT molecular complexity index is 754. The highest BCUT2D eigenvalue weighted by molar-refractivity contribution is 7.12. The predicted octanol–water partition coefficient (Wildman–Crippen LogP) is 2.85. The fourth-order valence-corrected chi connectivity index (χ4v) is 3.50. The molecule has 1 N–H and O–H groups in total. The summed E-state index contributed by atoms with van der Waals surface area (Å²) in [5, 5.41) is 4.83. The summed E-state index contributed by atoms with van der Waals surface area (Å²) in [5.41, 5.74) is 3.98. The van der Waals surface area contributed by atoms with E-state index < -0.39 is 0 Å². The van der Waals surface area contributed by atoms with E-state index in [1.54, 1.807) is 0 Å². The summed E-state index contributed by atoms with van der Waals surface area (Å²) < 4.78 is 0. The van der Waals surface area contributed by atoms with Crippen LogP contribution in [-0.4, -0.2) is 30.4 Å². The molecular formula is C19H20N2OS. The lowest BCUT2D eigenvalue weighted by Gasteiger charge is -2.26. The zero-order valence-electron chi connectivity index (χ0n) is 13.3. The lowest BCUT2D eigenvalue weighted by atomic mass is 10.0. The van der Waals surface area contributed by atoms with E-state index in [4.69, 9.17) is 0 Å². The molecule has 2 heterocycles. The molecule has 0 fully saturated rings. The van der Waals surface area contributed by atoms with Crippen LogP contribution in [0, 0.1) is 18.8 Å². The molecule has 0 atom stereocenters. The molecule has 3 rings (SSSR count). The molecule has 118 valence electrons. The van der Waals surface area contributed by atoms with E-state index in [1.165, 1.54) is 22.5 Å². The van der Waals surface area contributed by atoms with Gasteiger partial charge in [-0.1, -0.05) is 36.1 Å². The summed E-state index contributed by atoms with van der Waals surface area (Å²) in [5.74, 6) is 6.17. The molecular weight excluding hydrogens is 304 g/mol. The molecule has 0 aliphatic carbocycles. The lowest BCUT2D eigenvalue weighted by molar-refractivity contribution is 0.0962. The van der Waals surface area contributed by atoms with E-state index in [-0.39, 0.29) is 5.91 Å². The Kier molecular flexibility index (Phi) is 5.12. The number of carbonyl (C=O) groups is 1. The first kappa shape index (κ1) is 15.8. The molecule has 1 aromatic heterocycles. The number of aryl methyl sites for hydroxylation is 1. The summed E-state index contributed by atoms with van der Waals surface area (Å²) in [4.78, 5) is 15.0. The van der Waals surface area contributed by atoms with Crippen molar-refractivity contribution in [3.05, 3.63) is 57.3 Å². The average Bonchev–Trinajstić information content (AvgIpc) is 3.01. The molecule has 1 amide bonds. The summed E-state index contributed by atoms with van der Waals surface area (Å²) in [6, 6.07) is 10.5. The number of rotatable bonds is 3. The molecule has 1 aliphatic rings. The van der Waals surface area contributed by atoms with E-state index in [0.717, 1.165) is 36.5 Å². The molecule has 1 aromatic carbocycles. The molecule has 3 nitrogen and oxygen atoms in total. The zero-order valence-corrected chi connectivity index (χ0v) is 14.1. The summed E-state index contributed by atoms with van der Waals surface area (Å²) in [7, 11) is 0. The maximum absolute atomic E-state index is 11.9. The quantitative estimate of drug-likeness (QED) is 0.881. The predicted molar refractivity (Wildman–Crippen MR) is 94.6 cm³/mol. The average molecular weight is 324 g/mol. The largest absolute Gasteiger partial charge is 0.340 e. The second-order valence-corrected chi connectivity index (χ2v) is 6.67. The van der Waals surface area contributed by atoms with Crippen molar-refractivity contribution in [2.75, 3.05) is 19.6 Å². The first-order valence-corrected chi connectivity index (χ1v) is 8.68. The van der Waals surface area contributed by atoms with Crippen LogP contribution in [0.3, 0.4) is 0 Å². The second kappa shape index (κ2) is 7.45. The van der Waals surface area contributed by atoms with Gasteiger partial charge in [0, 0.05) is 13.1 Å². The third kappa shape index (κ3) is 4.22. The number of hydrogen-bond acceptors (Lipinski definition) is 3. The van der Waals surface area contributed by atoms with Crippen molar-refractivity contribution in [2.45, 2.75) is 19.9 Å². The Morgan fingerprint density at radius 2 is 2.13 bits per heavy atom. The van der Waals surface area contributed by atoms with Crippen molar-refractivity contribution in [2.24, 2.45) is 0 Å². The number of fused-ring (bicyclic) bond motifs is 1. The van der Waals surface area contributed by atoms with E-state index in [0.29, 0.717) is 6.54 Å². The number of nitrogens with one attached hydrogen (secondary N) is 1. The zero-order chi connectivity index (χ0) is 16.1. The molecule has 0 saturated heterocycles. The third-order valence-electron chi connectivity index (χ3n) is 3.93. The van der Waals surface area contributed by atoms with E-state index >= 15 is 0 Å². The van der Waals surface area contributed by atoms with Crippen LogP contribution in [0.4, 0.5) is 0 Å². The van der Waals surface area contributed by atoms with E-state index in [2.05, 4.69) is 46.3 Å². The normalized spacial score (nSPS) is 13.8. The Morgan fingerprint density at radius 3 is 2.91 bits per heavy atom. The Labute approximate surface area is 141 Å². The minimum Gasteiger partial charge on any atom is -0.340 e. The number of nitrogens with zero attached hydrogens (tertiary/aromatic N) is 1. The van der Waals surface area contributed by atoms with Gasteiger partial charge in [0.1, 0.15) is 0 Å². The van der Waals surface area contributed by atoms with Crippen LogP contribution in [0.1, 0.15) is 26.4 Å². The molecule has 4 heteroatoms. The van der Waals surface area contributed by atoms with Gasteiger partial charge in [0.15, 0.2) is 0 Å². The van der Waals surface area contributed by atoms with Gasteiger partial charge in [0.2, 0.25) is 0 Å². The van der Waals surface area contributed by atoms with Crippen molar-refractivity contribution in [1.29, 1.82) is 0 Å². The molecule has 0 saturated carbocycles. The van der Waals surface area contributed by atoms with Crippen LogP contribution >= 0.6 is 11.3 Å². The fourth-order valence-electron chi connectivity index (χ4n) is 2.68. The van der Waals surface area contributed by atoms with Crippen molar-refractivity contribution in [3.8, 4) is 11.8 Å². The van der Waals surface area contributed by atoms with Gasteiger partial charge in [-0.05, 0) is 41.5 Å². The highest BCUT2D eigenvalue weighted by atomic mass is 32.1. The van der Waals surface area contributed by atoms with Gasteiger partial charge < -0.3 is 5.32 Å². The maximum atomic E-state index is 11.9. The highest BCUT2D eigenvalue weighted by Crippen LogP contribution is 2.17. The van der Waals surface area contributed by atoms with Crippen LogP contribution in [-0.2, 0) is 13.0 Å². The first-order chi connectivity index (χ1) is 11.2. The highest BCUT2D eigenvalue weighted by Gasteiger charge is 2.14.